The number of halogens is 1. The van der Waals surface area contributed by atoms with E-state index in [1.165, 1.54) is 18.2 Å². The summed E-state index contributed by atoms with van der Waals surface area (Å²) >= 11 is 0. The van der Waals surface area contributed by atoms with Crippen LogP contribution in [0.25, 0.3) is 11.4 Å². The van der Waals surface area contributed by atoms with Gasteiger partial charge in [-0.15, -0.1) is 0 Å². The number of H-pyrrole nitrogens is 1. The van der Waals surface area contributed by atoms with Gasteiger partial charge in [0.2, 0.25) is 0 Å². The Kier molecular flexibility index (Phi) is 1.81. The van der Waals surface area contributed by atoms with E-state index in [9.17, 15) is 9.18 Å². The van der Waals surface area contributed by atoms with E-state index < -0.39 is 11.6 Å². The Morgan fingerprint density at radius 1 is 1.50 bits per heavy atom. The molecule has 1 aromatic heterocycles. The second kappa shape index (κ2) is 2.99. The molecule has 0 fully saturated rings. The highest BCUT2D eigenvalue weighted by molar-refractivity contribution is 5.58. The Balaban J connectivity index is 2.52. The molecule has 1 aromatic carbocycles. The van der Waals surface area contributed by atoms with E-state index >= 15 is 0 Å². The van der Waals surface area contributed by atoms with Gasteiger partial charge in [0.1, 0.15) is 5.82 Å². The van der Waals surface area contributed by atoms with Crippen molar-refractivity contribution >= 4 is 5.69 Å². The minimum atomic E-state index is -0.683. The minimum absolute atomic E-state index is 0.0413. The predicted octanol–water partition coefficient (Wildman–Crippen LogP) is 0.751. The third-order valence-corrected chi connectivity index (χ3v) is 1.71. The maximum absolute atomic E-state index is 13.0. The van der Waals surface area contributed by atoms with Crippen molar-refractivity contribution in [1.29, 1.82) is 0 Å². The SMILES string of the molecule is Nc1ccc(-c2noc(=O)[nH]2)cc1F. The molecule has 2 aromatic rings. The lowest BCUT2D eigenvalue weighted by atomic mass is 10.2. The lowest BCUT2D eigenvalue weighted by Crippen LogP contribution is -1.95. The second-order valence-electron chi connectivity index (χ2n) is 2.68. The Morgan fingerprint density at radius 2 is 2.29 bits per heavy atom. The molecule has 6 heteroatoms. The summed E-state index contributed by atoms with van der Waals surface area (Å²) < 4.78 is 17.3. The van der Waals surface area contributed by atoms with Gasteiger partial charge in [0, 0.05) is 5.56 Å². The van der Waals surface area contributed by atoms with Crippen molar-refractivity contribution in [3.05, 3.63) is 34.6 Å². The third-order valence-electron chi connectivity index (χ3n) is 1.71. The van der Waals surface area contributed by atoms with Crippen LogP contribution in [0.1, 0.15) is 0 Å². The van der Waals surface area contributed by atoms with Gasteiger partial charge in [-0.05, 0) is 18.2 Å². The normalized spacial score (nSPS) is 10.4. The van der Waals surface area contributed by atoms with E-state index in [0.717, 1.165) is 0 Å². The molecule has 0 aliphatic heterocycles. The lowest BCUT2D eigenvalue weighted by molar-refractivity contribution is 0.388. The largest absolute Gasteiger partial charge is 0.439 e. The number of nitrogen functional groups attached to an aromatic ring is 1. The molecular weight excluding hydrogens is 189 g/mol. The molecule has 0 aliphatic rings. The van der Waals surface area contributed by atoms with Crippen LogP contribution in [0.15, 0.2) is 27.5 Å². The highest BCUT2D eigenvalue weighted by atomic mass is 19.1. The van der Waals surface area contributed by atoms with Crippen LogP contribution in [0.4, 0.5) is 10.1 Å². The van der Waals surface area contributed by atoms with Crippen LogP contribution in [0.2, 0.25) is 0 Å². The molecule has 2 rings (SSSR count). The molecule has 5 nitrogen and oxygen atoms in total. The molecule has 3 N–H and O–H groups in total. The van der Waals surface area contributed by atoms with Crippen molar-refractivity contribution in [1.82, 2.24) is 10.1 Å². The molecule has 0 amide bonds. The molecule has 0 spiro atoms. The monoisotopic (exact) mass is 195 g/mol. The van der Waals surface area contributed by atoms with E-state index in [2.05, 4.69) is 14.7 Å². The standard InChI is InChI=1S/C8H6FN3O2/c9-5-3-4(1-2-6(5)10)7-11-8(13)14-12-7/h1-3H,10H2,(H,11,12,13). The average molecular weight is 195 g/mol. The molecule has 0 aliphatic carbocycles. The van der Waals surface area contributed by atoms with Crippen LogP contribution in [0.3, 0.4) is 0 Å². The van der Waals surface area contributed by atoms with Gasteiger partial charge in [0.15, 0.2) is 5.82 Å². The molecule has 0 saturated carbocycles. The molecule has 0 radical (unpaired) electrons. The summed E-state index contributed by atoms with van der Waals surface area (Å²) in [4.78, 5) is 12.9. The van der Waals surface area contributed by atoms with E-state index in [1.807, 2.05) is 0 Å². The van der Waals surface area contributed by atoms with Crippen molar-refractivity contribution < 1.29 is 8.91 Å². The van der Waals surface area contributed by atoms with E-state index in [4.69, 9.17) is 5.73 Å². The van der Waals surface area contributed by atoms with E-state index in [-0.39, 0.29) is 11.5 Å². The van der Waals surface area contributed by atoms with E-state index in [0.29, 0.717) is 5.56 Å². The topological polar surface area (TPSA) is 84.9 Å². The number of benzene rings is 1. The second-order valence-corrected chi connectivity index (χ2v) is 2.68. The van der Waals surface area contributed by atoms with Gasteiger partial charge >= 0.3 is 5.76 Å². The van der Waals surface area contributed by atoms with Crippen molar-refractivity contribution in [2.75, 3.05) is 5.73 Å². The first-order valence-electron chi connectivity index (χ1n) is 3.78. The number of hydrogen-bond donors (Lipinski definition) is 2. The molecule has 0 bridgehead atoms. The Hall–Kier alpha value is -2.11. The smallest absolute Gasteiger partial charge is 0.396 e. The van der Waals surface area contributed by atoms with Crippen LogP contribution >= 0.6 is 0 Å². The van der Waals surface area contributed by atoms with Crippen LogP contribution < -0.4 is 11.5 Å². The highest BCUT2D eigenvalue weighted by Gasteiger charge is 2.06. The van der Waals surface area contributed by atoms with Crippen molar-refractivity contribution in [3.63, 3.8) is 0 Å². The third kappa shape index (κ3) is 1.37. The molecule has 0 unspecified atom stereocenters. The Morgan fingerprint density at radius 3 is 2.86 bits per heavy atom. The first kappa shape index (κ1) is 8.49. The Labute approximate surface area is 77.3 Å². The first-order valence-corrected chi connectivity index (χ1v) is 3.78. The number of rotatable bonds is 1. The fourth-order valence-electron chi connectivity index (χ4n) is 1.03. The summed E-state index contributed by atoms with van der Waals surface area (Å²) in [6.07, 6.45) is 0. The summed E-state index contributed by atoms with van der Waals surface area (Å²) in [5, 5.41) is 3.41. The Bertz CT molecular complexity index is 517. The highest BCUT2D eigenvalue weighted by Crippen LogP contribution is 2.18. The average Bonchev–Trinajstić information content (AvgIpc) is 2.57. The zero-order chi connectivity index (χ0) is 10.1. The summed E-state index contributed by atoms with van der Waals surface area (Å²) in [6, 6.07) is 4.09. The van der Waals surface area contributed by atoms with Crippen LogP contribution in [0.5, 0.6) is 0 Å². The van der Waals surface area contributed by atoms with Crippen LogP contribution in [0, 0.1) is 5.82 Å². The van der Waals surface area contributed by atoms with Crippen LogP contribution in [-0.4, -0.2) is 10.1 Å². The van der Waals surface area contributed by atoms with Gasteiger partial charge < -0.3 is 5.73 Å². The van der Waals surface area contributed by atoms with Gasteiger partial charge in [0.05, 0.1) is 5.69 Å². The van der Waals surface area contributed by atoms with Crippen molar-refractivity contribution in [3.8, 4) is 11.4 Å². The number of nitrogens with one attached hydrogen (secondary N) is 1. The summed E-state index contributed by atoms with van der Waals surface area (Å²) in [6.45, 7) is 0. The van der Waals surface area contributed by atoms with Gasteiger partial charge in [0.25, 0.3) is 0 Å². The number of aromatic nitrogens is 2. The fourth-order valence-corrected chi connectivity index (χ4v) is 1.03. The predicted molar refractivity (Wildman–Crippen MR) is 46.9 cm³/mol. The zero-order valence-electron chi connectivity index (χ0n) is 6.95. The molecule has 14 heavy (non-hydrogen) atoms. The van der Waals surface area contributed by atoms with Gasteiger partial charge in [-0.2, -0.15) is 0 Å². The molecular formula is C8H6FN3O2. The summed E-state index contributed by atoms with van der Waals surface area (Å²) in [5.74, 6) is -1.07. The first-order chi connectivity index (χ1) is 6.66. The molecule has 0 atom stereocenters. The zero-order valence-corrected chi connectivity index (χ0v) is 6.95. The molecule has 0 saturated heterocycles. The molecule has 1 heterocycles. The lowest BCUT2D eigenvalue weighted by Gasteiger charge is -1.97. The van der Waals surface area contributed by atoms with Gasteiger partial charge in [-0.3, -0.25) is 9.51 Å². The number of aromatic amines is 1. The number of anilines is 1. The van der Waals surface area contributed by atoms with Crippen molar-refractivity contribution in [2.24, 2.45) is 0 Å². The number of nitrogens with zero attached hydrogens (tertiary/aromatic N) is 1. The summed E-state index contributed by atoms with van der Waals surface area (Å²) in [7, 11) is 0. The van der Waals surface area contributed by atoms with Gasteiger partial charge in [-0.25, -0.2) is 9.18 Å². The fraction of sp³-hybridized carbons (Fsp3) is 0. The number of hydrogen-bond acceptors (Lipinski definition) is 4. The molecule has 72 valence electrons. The summed E-state index contributed by atoms with van der Waals surface area (Å²) in [5.41, 5.74) is 5.73. The van der Waals surface area contributed by atoms with E-state index in [1.54, 1.807) is 0 Å². The quantitative estimate of drug-likeness (QED) is 0.657. The van der Waals surface area contributed by atoms with Gasteiger partial charge in [-0.1, -0.05) is 5.16 Å². The van der Waals surface area contributed by atoms with Crippen molar-refractivity contribution in [2.45, 2.75) is 0 Å². The minimum Gasteiger partial charge on any atom is -0.396 e. The maximum Gasteiger partial charge on any atom is 0.439 e. The maximum atomic E-state index is 13.0. The van der Waals surface area contributed by atoms with Crippen LogP contribution in [-0.2, 0) is 0 Å². The number of nitrogens with two attached hydrogens (primary N) is 1.